The predicted octanol–water partition coefficient (Wildman–Crippen LogP) is 3.75. The molecule has 0 radical (unpaired) electrons. The number of nitrogens with one attached hydrogen (secondary N) is 3. The van der Waals surface area contributed by atoms with E-state index < -0.39 is 0 Å². The van der Waals surface area contributed by atoms with E-state index in [9.17, 15) is 4.79 Å². The maximum Gasteiger partial charge on any atom is 0.253 e. The number of benzene rings is 2. The third kappa shape index (κ3) is 4.36. The first-order chi connectivity index (χ1) is 16.5. The van der Waals surface area contributed by atoms with Gasteiger partial charge in [0.05, 0.1) is 23.0 Å². The molecule has 3 aromatic rings. The lowest BCUT2D eigenvalue weighted by Gasteiger charge is -2.44. The van der Waals surface area contributed by atoms with Gasteiger partial charge in [-0.1, -0.05) is 12.1 Å². The maximum absolute atomic E-state index is 12.2. The van der Waals surface area contributed by atoms with E-state index in [4.69, 9.17) is 4.74 Å². The SMILES string of the molecule is CNC(=O)c1ccccc1Nc1cc(Nc2ccc3c(c2)OC[C@@H]2CN(C)CCN32)ncc1C. The Balaban J connectivity index is 1.36. The van der Waals surface area contributed by atoms with Crippen molar-refractivity contribution in [2.24, 2.45) is 0 Å². The summed E-state index contributed by atoms with van der Waals surface area (Å²) in [5.74, 6) is 1.47. The van der Waals surface area contributed by atoms with Gasteiger partial charge in [0.15, 0.2) is 0 Å². The molecule has 1 fully saturated rings. The van der Waals surface area contributed by atoms with Crippen molar-refractivity contribution in [3.63, 3.8) is 0 Å². The zero-order chi connectivity index (χ0) is 23.7. The Bertz CT molecular complexity index is 1210. The number of aryl methyl sites for hydroxylation is 1. The molecule has 0 aliphatic carbocycles. The Kier molecular flexibility index (Phi) is 5.98. The highest BCUT2D eigenvalue weighted by Gasteiger charge is 2.31. The molecule has 176 valence electrons. The van der Waals surface area contributed by atoms with Gasteiger partial charge < -0.3 is 30.5 Å². The van der Waals surface area contributed by atoms with Crippen LogP contribution in [0, 0.1) is 6.92 Å². The fourth-order valence-corrected chi connectivity index (χ4v) is 4.55. The zero-order valence-corrected chi connectivity index (χ0v) is 19.8. The van der Waals surface area contributed by atoms with Crippen LogP contribution in [0.2, 0.25) is 0 Å². The lowest BCUT2D eigenvalue weighted by atomic mass is 10.1. The second-order valence-corrected chi connectivity index (χ2v) is 8.86. The van der Waals surface area contributed by atoms with E-state index in [1.807, 2.05) is 43.5 Å². The van der Waals surface area contributed by atoms with E-state index in [1.165, 1.54) is 0 Å². The smallest absolute Gasteiger partial charge is 0.253 e. The average Bonchev–Trinajstić information content (AvgIpc) is 2.85. The maximum atomic E-state index is 12.2. The highest BCUT2D eigenvalue weighted by atomic mass is 16.5. The number of fused-ring (bicyclic) bond motifs is 3. The standard InChI is InChI=1S/C26H30N6O2/c1-17-14-28-25(13-22(17)30-21-7-5-4-6-20(21)26(33)27-2)29-18-8-9-23-24(12-18)34-16-19-15-31(3)10-11-32(19)23/h4-9,12-14,19H,10-11,15-16H2,1-3H3,(H,27,33)(H2,28,29,30)/t19-/m0/s1. The topological polar surface area (TPSA) is 81.8 Å². The van der Waals surface area contributed by atoms with Crippen molar-refractivity contribution in [3.8, 4) is 5.75 Å². The molecule has 0 saturated carbocycles. The van der Waals surface area contributed by atoms with Gasteiger partial charge in [0.2, 0.25) is 0 Å². The molecule has 1 amide bonds. The first-order valence-electron chi connectivity index (χ1n) is 11.6. The minimum absolute atomic E-state index is 0.134. The van der Waals surface area contributed by atoms with Crippen LogP contribution in [0.15, 0.2) is 54.7 Å². The van der Waals surface area contributed by atoms with E-state index in [2.05, 4.69) is 49.9 Å². The first-order valence-corrected chi connectivity index (χ1v) is 11.6. The molecular formula is C26H30N6O2. The summed E-state index contributed by atoms with van der Waals surface area (Å²) in [7, 11) is 3.79. The molecule has 8 nitrogen and oxygen atoms in total. The molecule has 34 heavy (non-hydrogen) atoms. The van der Waals surface area contributed by atoms with Crippen LogP contribution in [-0.4, -0.2) is 62.2 Å². The van der Waals surface area contributed by atoms with Gasteiger partial charge in [-0.3, -0.25) is 4.79 Å². The molecule has 5 rings (SSSR count). The number of aromatic nitrogens is 1. The van der Waals surface area contributed by atoms with Gasteiger partial charge in [-0.05, 0) is 43.8 Å². The summed E-state index contributed by atoms with van der Waals surface area (Å²) in [6.07, 6.45) is 1.82. The van der Waals surface area contributed by atoms with Crippen molar-refractivity contribution >= 4 is 34.5 Å². The predicted molar refractivity (Wildman–Crippen MR) is 136 cm³/mol. The summed E-state index contributed by atoms with van der Waals surface area (Å²) in [5, 5.41) is 9.48. The first kappa shape index (κ1) is 22.0. The van der Waals surface area contributed by atoms with Crippen molar-refractivity contribution in [3.05, 3.63) is 65.9 Å². The van der Waals surface area contributed by atoms with Gasteiger partial charge in [-0.25, -0.2) is 4.98 Å². The van der Waals surface area contributed by atoms with Gasteiger partial charge in [0, 0.05) is 56.4 Å². The summed E-state index contributed by atoms with van der Waals surface area (Å²) in [5.41, 5.74) is 5.26. The Morgan fingerprint density at radius 3 is 2.79 bits per heavy atom. The van der Waals surface area contributed by atoms with E-state index in [0.717, 1.165) is 53.7 Å². The zero-order valence-electron chi connectivity index (χ0n) is 19.8. The number of rotatable bonds is 5. The van der Waals surface area contributed by atoms with E-state index in [1.54, 1.807) is 13.1 Å². The molecule has 3 N–H and O–H groups in total. The minimum atomic E-state index is -0.134. The van der Waals surface area contributed by atoms with Gasteiger partial charge in [0.25, 0.3) is 5.91 Å². The lowest BCUT2D eigenvalue weighted by Crippen LogP contribution is -2.56. The van der Waals surface area contributed by atoms with Gasteiger partial charge in [-0.15, -0.1) is 0 Å². The number of ether oxygens (including phenoxy) is 1. The average molecular weight is 459 g/mol. The molecule has 8 heteroatoms. The molecule has 0 unspecified atom stereocenters. The van der Waals surface area contributed by atoms with Gasteiger partial charge in [0.1, 0.15) is 18.2 Å². The van der Waals surface area contributed by atoms with Crippen LogP contribution in [-0.2, 0) is 0 Å². The summed E-state index contributed by atoms with van der Waals surface area (Å²) < 4.78 is 6.11. The number of carbonyl (C=O) groups excluding carboxylic acids is 1. The molecule has 3 heterocycles. The molecule has 1 saturated heterocycles. The van der Waals surface area contributed by atoms with Crippen molar-refractivity contribution in [2.45, 2.75) is 13.0 Å². The van der Waals surface area contributed by atoms with Crippen LogP contribution in [0.3, 0.4) is 0 Å². The van der Waals surface area contributed by atoms with Crippen LogP contribution >= 0.6 is 0 Å². The van der Waals surface area contributed by atoms with E-state index in [-0.39, 0.29) is 5.91 Å². The van der Waals surface area contributed by atoms with Crippen LogP contribution in [0.25, 0.3) is 0 Å². The summed E-state index contributed by atoms with van der Waals surface area (Å²) in [4.78, 5) is 21.6. The summed E-state index contributed by atoms with van der Waals surface area (Å²) >= 11 is 0. The van der Waals surface area contributed by atoms with Crippen LogP contribution < -0.4 is 25.6 Å². The number of carbonyl (C=O) groups is 1. The quantitative estimate of drug-likeness (QED) is 0.537. The van der Waals surface area contributed by atoms with Crippen molar-refractivity contribution in [1.82, 2.24) is 15.2 Å². The number of para-hydroxylation sites is 1. The molecular weight excluding hydrogens is 428 g/mol. The number of likely N-dealkylation sites (N-methyl/N-ethyl adjacent to an activating group) is 1. The van der Waals surface area contributed by atoms with Crippen molar-refractivity contribution < 1.29 is 9.53 Å². The molecule has 2 aromatic carbocycles. The summed E-state index contributed by atoms with van der Waals surface area (Å²) in [6.45, 7) is 5.77. The number of anilines is 5. The highest BCUT2D eigenvalue weighted by Crippen LogP contribution is 2.38. The molecule has 2 aliphatic heterocycles. The van der Waals surface area contributed by atoms with Crippen LogP contribution in [0.4, 0.5) is 28.6 Å². The second kappa shape index (κ2) is 9.23. The molecule has 0 spiro atoms. The number of hydrogen-bond acceptors (Lipinski definition) is 7. The van der Waals surface area contributed by atoms with E-state index in [0.29, 0.717) is 24.0 Å². The van der Waals surface area contributed by atoms with Crippen molar-refractivity contribution in [1.29, 1.82) is 0 Å². The Morgan fingerprint density at radius 1 is 1.09 bits per heavy atom. The Morgan fingerprint density at radius 2 is 1.94 bits per heavy atom. The number of amides is 1. The Hall–Kier alpha value is -3.78. The Labute approximate surface area is 199 Å². The fourth-order valence-electron chi connectivity index (χ4n) is 4.55. The van der Waals surface area contributed by atoms with Gasteiger partial charge >= 0.3 is 0 Å². The number of pyridine rings is 1. The second-order valence-electron chi connectivity index (χ2n) is 8.86. The van der Waals surface area contributed by atoms with Crippen LogP contribution in [0.5, 0.6) is 5.75 Å². The van der Waals surface area contributed by atoms with E-state index >= 15 is 0 Å². The van der Waals surface area contributed by atoms with Crippen LogP contribution in [0.1, 0.15) is 15.9 Å². The lowest BCUT2D eigenvalue weighted by molar-refractivity contribution is 0.0964. The normalized spacial score (nSPS) is 17.3. The fraction of sp³-hybridized carbons (Fsp3) is 0.308. The molecule has 0 bridgehead atoms. The third-order valence-electron chi connectivity index (χ3n) is 6.43. The number of hydrogen-bond donors (Lipinski definition) is 3. The third-order valence-corrected chi connectivity index (χ3v) is 6.43. The monoisotopic (exact) mass is 458 g/mol. The molecule has 2 aliphatic rings. The number of piperazine rings is 1. The summed E-state index contributed by atoms with van der Waals surface area (Å²) in [6, 6.07) is 16.0. The minimum Gasteiger partial charge on any atom is -0.489 e. The largest absolute Gasteiger partial charge is 0.489 e. The number of nitrogens with zero attached hydrogens (tertiary/aromatic N) is 3. The van der Waals surface area contributed by atoms with Crippen molar-refractivity contribution in [2.75, 3.05) is 55.9 Å². The highest BCUT2D eigenvalue weighted by molar-refractivity contribution is 6.00. The molecule has 1 aromatic heterocycles. The molecule has 1 atom stereocenters. The van der Waals surface area contributed by atoms with Gasteiger partial charge in [-0.2, -0.15) is 0 Å².